The SMILES string of the molecule is COc1cc(/C=N\NC(=O)[C@@H](CC(C)C)NC(=O)COc2ccc(Cl)cc2)ccc1OCc1cccc(C)c1. The molecule has 39 heavy (non-hydrogen) atoms. The summed E-state index contributed by atoms with van der Waals surface area (Å²) in [7, 11) is 1.56. The Balaban J connectivity index is 1.55. The molecular formula is C30H34ClN3O5. The number of ether oxygens (including phenoxy) is 3. The molecule has 206 valence electrons. The molecular weight excluding hydrogens is 518 g/mol. The van der Waals surface area contributed by atoms with Gasteiger partial charge in [-0.2, -0.15) is 5.10 Å². The van der Waals surface area contributed by atoms with E-state index in [1.54, 1.807) is 43.5 Å². The average Bonchev–Trinajstić information content (AvgIpc) is 2.91. The summed E-state index contributed by atoms with van der Waals surface area (Å²) in [6.45, 7) is 6.15. The molecule has 3 aromatic rings. The highest BCUT2D eigenvalue weighted by Gasteiger charge is 2.22. The van der Waals surface area contributed by atoms with Crippen molar-refractivity contribution >= 4 is 29.6 Å². The monoisotopic (exact) mass is 551 g/mol. The Labute approximate surface area is 234 Å². The van der Waals surface area contributed by atoms with Gasteiger partial charge in [0.1, 0.15) is 18.4 Å². The second-order valence-electron chi connectivity index (χ2n) is 9.41. The summed E-state index contributed by atoms with van der Waals surface area (Å²) in [5, 5.41) is 7.37. The molecule has 0 saturated heterocycles. The summed E-state index contributed by atoms with van der Waals surface area (Å²) < 4.78 is 16.9. The molecule has 0 spiro atoms. The highest BCUT2D eigenvalue weighted by molar-refractivity contribution is 6.30. The molecule has 0 aliphatic carbocycles. The van der Waals surface area contributed by atoms with Crippen LogP contribution in [0, 0.1) is 12.8 Å². The number of halogens is 1. The lowest BCUT2D eigenvalue weighted by Gasteiger charge is -2.19. The van der Waals surface area contributed by atoms with Crippen LogP contribution >= 0.6 is 11.6 Å². The van der Waals surface area contributed by atoms with Gasteiger partial charge in [-0.15, -0.1) is 0 Å². The molecule has 0 aliphatic heterocycles. The van der Waals surface area contributed by atoms with Gasteiger partial charge in [-0.1, -0.05) is 55.3 Å². The van der Waals surface area contributed by atoms with Crippen LogP contribution in [0.5, 0.6) is 17.2 Å². The Morgan fingerprint density at radius 2 is 1.77 bits per heavy atom. The van der Waals surface area contributed by atoms with Gasteiger partial charge in [-0.25, -0.2) is 5.43 Å². The lowest BCUT2D eigenvalue weighted by atomic mass is 10.0. The number of benzene rings is 3. The van der Waals surface area contributed by atoms with Crippen molar-refractivity contribution < 1.29 is 23.8 Å². The zero-order valence-electron chi connectivity index (χ0n) is 22.6. The van der Waals surface area contributed by atoms with Crippen molar-refractivity contribution in [2.24, 2.45) is 11.0 Å². The summed E-state index contributed by atoms with van der Waals surface area (Å²) >= 11 is 5.86. The fourth-order valence-electron chi connectivity index (χ4n) is 3.71. The van der Waals surface area contributed by atoms with Crippen molar-refractivity contribution in [3.63, 3.8) is 0 Å². The fourth-order valence-corrected chi connectivity index (χ4v) is 3.84. The smallest absolute Gasteiger partial charge is 0.262 e. The van der Waals surface area contributed by atoms with Gasteiger partial charge >= 0.3 is 0 Å². The van der Waals surface area contributed by atoms with E-state index in [0.29, 0.717) is 40.9 Å². The van der Waals surface area contributed by atoms with E-state index < -0.39 is 17.9 Å². The standard InChI is InChI=1S/C30H34ClN3O5/c1-20(2)14-26(33-29(35)19-38-25-11-9-24(31)10-12-25)30(36)34-32-17-22-8-13-27(28(16-22)37-4)39-18-23-7-5-6-21(3)15-23/h5-13,15-17,20,26H,14,18-19H2,1-4H3,(H,33,35)(H,34,36)/b32-17-/t26-/m1/s1. The van der Waals surface area contributed by atoms with Crippen LogP contribution in [-0.2, 0) is 16.2 Å². The molecule has 0 fully saturated rings. The maximum Gasteiger partial charge on any atom is 0.262 e. The number of carbonyl (C=O) groups excluding carboxylic acids is 2. The van der Waals surface area contributed by atoms with Crippen LogP contribution in [0.15, 0.2) is 71.8 Å². The van der Waals surface area contributed by atoms with Crippen molar-refractivity contribution in [3.05, 3.63) is 88.4 Å². The van der Waals surface area contributed by atoms with Gasteiger partial charge in [0.25, 0.3) is 11.8 Å². The Bertz CT molecular complexity index is 1280. The summed E-state index contributed by atoms with van der Waals surface area (Å²) in [5.41, 5.74) is 5.44. The number of aryl methyl sites for hydroxylation is 1. The van der Waals surface area contributed by atoms with Gasteiger partial charge < -0.3 is 19.5 Å². The molecule has 0 aliphatic rings. The Morgan fingerprint density at radius 3 is 2.46 bits per heavy atom. The van der Waals surface area contributed by atoms with E-state index in [1.165, 1.54) is 6.21 Å². The van der Waals surface area contributed by atoms with Gasteiger partial charge in [0.2, 0.25) is 0 Å². The maximum absolute atomic E-state index is 12.8. The number of hydrogen-bond acceptors (Lipinski definition) is 6. The highest BCUT2D eigenvalue weighted by atomic mass is 35.5. The lowest BCUT2D eigenvalue weighted by Crippen LogP contribution is -2.47. The second-order valence-corrected chi connectivity index (χ2v) is 9.85. The largest absolute Gasteiger partial charge is 0.493 e. The molecule has 3 rings (SSSR count). The second kappa shape index (κ2) is 14.8. The van der Waals surface area contributed by atoms with Crippen molar-refractivity contribution in [2.45, 2.75) is 39.8 Å². The number of hydrazone groups is 1. The summed E-state index contributed by atoms with van der Waals surface area (Å²) in [6.07, 6.45) is 1.94. The van der Waals surface area contributed by atoms with E-state index in [-0.39, 0.29) is 12.5 Å². The molecule has 0 radical (unpaired) electrons. The van der Waals surface area contributed by atoms with Gasteiger partial charge in [-0.05, 0) is 72.9 Å². The van der Waals surface area contributed by atoms with Crippen LogP contribution < -0.4 is 25.0 Å². The molecule has 0 saturated carbocycles. The van der Waals surface area contributed by atoms with E-state index >= 15 is 0 Å². The molecule has 0 bridgehead atoms. The van der Waals surface area contributed by atoms with Crippen LogP contribution in [0.2, 0.25) is 5.02 Å². The quantitative estimate of drug-likeness (QED) is 0.222. The third-order valence-corrected chi connectivity index (χ3v) is 5.85. The average molecular weight is 552 g/mol. The molecule has 9 heteroatoms. The number of rotatable bonds is 13. The summed E-state index contributed by atoms with van der Waals surface area (Å²) in [4.78, 5) is 25.2. The minimum absolute atomic E-state index is 0.166. The Hall–Kier alpha value is -4.04. The van der Waals surface area contributed by atoms with E-state index in [9.17, 15) is 9.59 Å². The Morgan fingerprint density at radius 1 is 1.00 bits per heavy atom. The first kappa shape index (κ1) is 29.5. The number of hydrogen-bond donors (Lipinski definition) is 2. The zero-order chi connectivity index (χ0) is 28.2. The van der Waals surface area contributed by atoms with E-state index in [1.807, 2.05) is 45.0 Å². The van der Waals surface area contributed by atoms with Crippen molar-refractivity contribution in [1.29, 1.82) is 0 Å². The number of nitrogens with one attached hydrogen (secondary N) is 2. The predicted octanol–water partition coefficient (Wildman–Crippen LogP) is 5.30. The number of amides is 2. The molecule has 8 nitrogen and oxygen atoms in total. The Kier molecular flexibility index (Phi) is 11.2. The first-order valence-corrected chi connectivity index (χ1v) is 13.0. The molecule has 0 heterocycles. The first-order valence-electron chi connectivity index (χ1n) is 12.6. The van der Waals surface area contributed by atoms with Crippen LogP contribution in [0.25, 0.3) is 0 Å². The van der Waals surface area contributed by atoms with Gasteiger partial charge in [0.15, 0.2) is 18.1 Å². The van der Waals surface area contributed by atoms with Crippen LogP contribution in [0.1, 0.15) is 37.0 Å². The number of carbonyl (C=O) groups is 2. The van der Waals surface area contributed by atoms with Crippen LogP contribution in [-0.4, -0.2) is 37.8 Å². The number of nitrogens with zero attached hydrogens (tertiary/aromatic N) is 1. The highest BCUT2D eigenvalue weighted by Crippen LogP contribution is 2.28. The van der Waals surface area contributed by atoms with Gasteiger partial charge in [0, 0.05) is 5.02 Å². The summed E-state index contributed by atoms with van der Waals surface area (Å²) in [6, 6.07) is 19.4. The molecule has 2 amide bonds. The van der Waals surface area contributed by atoms with E-state index in [2.05, 4.69) is 21.9 Å². The van der Waals surface area contributed by atoms with Crippen molar-refractivity contribution in [3.8, 4) is 17.2 Å². The van der Waals surface area contributed by atoms with Crippen molar-refractivity contribution in [1.82, 2.24) is 10.7 Å². The molecule has 3 aromatic carbocycles. The maximum atomic E-state index is 12.8. The minimum Gasteiger partial charge on any atom is -0.493 e. The van der Waals surface area contributed by atoms with E-state index in [4.69, 9.17) is 25.8 Å². The van der Waals surface area contributed by atoms with E-state index in [0.717, 1.165) is 11.1 Å². The molecule has 0 unspecified atom stereocenters. The van der Waals surface area contributed by atoms with Gasteiger partial charge in [-0.3, -0.25) is 9.59 Å². The zero-order valence-corrected chi connectivity index (χ0v) is 23.3. The minimum atomic E-state index is -0.768. The predicted molar refractivity (Wildman–Crippen MR) is 153 cm³/mol. The first-order chi connectivity index (χ1) is 18.7. The van der Waals surface area contributed by atoms with Crippen molar-refractivity contribution in [2.75, 3.05) is 13.7 Å². The summed E-state index contributed by atoms with van der Waals surface area (Å²) in [5.74, 6) is 0.972. The molecule has 0 aromatic heterocycles. The molecule has 1 atom stereocenters. The topological polar surface area (TPSA) is 98.2 Å². The third kappa shape index (κ3) is 9.98. The third-order valence-electron chi connectivity index (χ3n) is 5.60. The molecule has 2 N–H and O–H groups in total. The van der Waals surface area contributed by atoms with Crippen LogP contribution in [0.3, 0.4) is 0 Å². The number of methoxy groups -OCH3 is 1. The normalized spacial score (nSPS) is 11.7. The fraction of sp³-hybridized carbons (Fsp3) is 0.300. The lowest BCUT2D eigenvalue weighted by molar-refractivity contribution is -0.130. The van der Waals surface area contributed by atoms with Crippen LogP contribution in [0.4, 0.5) is 0 Å². The van der Waals surface area contributed by atoms with Gasteiger partial charge in [0.05, 0.1) is 13.3 Å².